The third kappa shape index (κ3) is 4.56. The van der Waals surface area contributed by atoms with Gasteiger partial charge in [0.05, 0.1) is 0 Å². The first-order chi connectivity index (χ1) is 9.69. The lowest BCUT2D eigenvalue weighted by atomic mass is 9.88. The Bertz CT molecular complexity index is 386. The average Bonchev–Trinajstić information content (AvgIpc) is 3.06. The van der Waals surface area contributed by atoms with Gasteiger partial charge in [0, 0.05) is 26.1 Å². The zero-order valence-electron chi connectivity index (χ0n) is 12.7. The van der Waals surface area contributed by atoms with Crippen molar-refractivity contribution in [3.8, 4) is 0 Å². The molecule has 0 spiro atoms. The van der Waals surface area contributed by atoms with E-state index in [1.807, 2.05) is 0 Å². The molecule has 1 aliphatic heterocycles. The molecule has 0 bridgehead atoms. The summed E-state index contributed by atoms with van der Waals surface area (Å²) in [4.78, 5) is 4.50. The molecule has 2 atom stereocenters. The molecule has 0 amide bonds. The van der Waals surface area contributed by atoms with E-state index >= 15 is 0 Å². The van der Waals surface area contributed by atoms with Crippen molar-refractivity contribution < 1.29 is 9.26 Å². The van der Waals surface area contributed by atoms with Crippen molar-refractivity contribution in [3.05, 3.63) is 11.7 Å². The Balaban J connectivity index is 1.79. The second kappa shape index (κ2) is 7.74. The van der Waals surface area contributed by atoms with Crippen LogP contribution in [0.2, 0.25) is 0 Å². The average molecular weight is 281 g/mol. The minimum absolute atomic E-state index is 0.557. The lowest BCUT2D eigenvalue weighted by Crippen LogP contribution is -2.15. The van der Waals surface area contributed by atoms with Crippen LogP contribution in [0, 0.1) is 17.8 Å². The predicted octanol–water partition coefficient (Wildman–Crippen LogP) is 2.20. The predicted molar refractivity (Wildman–Crippen MR) is 77.2 cm³/mol. The Labute approximate surface area is 121 Å². The number of aryl methyl sites for hydroxylation is 1. The number of nitrogens with zero attached hydrogens (tertiary/aromatic N) is 2. The molecule has 1 fully saturated rings. The Morgan fingerprint density at radius 1 is 1.35 bits per heavy atom. The highest BCUT2D eigenvalue weighted by atomic mass is 16.5. The second-order valence-electron chi connectivity index (χ2n) is 6.16. The first-order valence-corrected chi connectivity index (χ1v) is 7.78. The molecule has 2 unspecified atom stereocenters. The molecule has 1 saturated heterocycles. The van der Waals surface area contributed by atoms with Gasteiger partial charge in [-0.3, -0.25) is 0 Å². The summed E-state index contributed by atoms with van der Waals surface area (Å²) < 4.78 is 10.7. The minimum atomic E-state index is 0.557. The fourth-order valence-electron chi connectivity index (χ4n) is 2.81. The van der Waals surface area contributed by atoms with Crippen molar-refractivity contribution in [1.82, 2.24) is 10.1 Å². The summed E-state index contributed by atoms with van der Waals surface area (Å²) in [6, 6.07) is 0. The van der Waals surface area contributed by atoms with Crippen molar-refractivity contribution >= 4 is 0 Å². The topological polar surface area (TPSA) is 74.2 Å². The highest BCUT2D eigenvalue weighted by Crippen LogP contribution is 2.21. The maximum Gasteiger partial charge on any atom is 0.226 e. The molecule has 114 valence electrons. The standard InChI is InChI=1S/C15H27N3O2/c1-11(2)13(5-7-16)3-4-15-17-14(18-20-15)9-12-6-8-19-10-12/h11-13H,3-10,16H2,1-2H3. The van der Waals surface area contributed by atoms with E-state index in [1.54, 1.807) is 0 Å². The van der Waals surface area contributed by atoms with Crippen LogP contribution in [-0.4, -0.2) is 29.9 Å². The molecular formula is C15H27N3O2. The Morgan fingerprint density at radius 2 is 2.20 bits per heavy atom. The first-order valence-electron chi connectivity index (χ1n) is 7.78. The van der Waals surface area contributed by atoms with Gasteiger partial charge in [0.15, 0.2) is 5.82 Å². The zero-order valence-corrected chi connectivity index (χ0v) is 12.7. The SMILES string of the molecule is CC(C)C(CCN)CCc1nc(CC2CCOC2)no1. The van der Waals surface area contributed by atoms with Crippen molar-refractivity contribution in [1.29, 1.82) is 0 Å². The maximum absolute atomic E-state index is 5.67. The van der Waals surface area contributed by atoms with Crippen LogP contribution in [0.15, 0.2) is 4.52 Å². The summed E-state index contributed by atoms with van der Waals surface area (Å²) in [7, 11) is 0. The fraction of sp³-hybridized carbons (Fsp3) is 0.867. The molecule has 20 heavy (non-hydrogen) atoms. The normalized spacial score (nSPS) is 20.7. The van der Waals surface area contributed by atoms with Gasteiger partial charge in [-0.05, 0) is 43.6 Å². The first kappa shape index (κ1) is 15.4. The third-order valence-corrected chi connectivity index (χ3v) is 4.21. The molecule has 0 aliphatic carbocycles. The van der Waals surface area contributed by atoms with Crippen LogP contribution in [0.5, 0.6) is 0 Å². The molecule has 5 nitrogen and oxygen atoms in total. The van der Waals surface area contributed by atoms with Gasteiger partial charge in [-0.25, -0.2) is 0 Å². The zero-order chi connectivity index (χ0) is 14.4. The summed E-state index contributed by atoms with van der Waals surface area (Å²) >= 11 is 0. The molecule has 1 aromatic heterocycles. The number of nitrogens with two attached hydrogens (primary N) is 1. The highest BCUT2D eigenvalue weighted by Gasteiger charge is 2.20. The van der Waals surface area contributed by atoms with Crippen LogP contribution < -0.4 is 5.73 Å². The number of hydrogen-bond acceptors (Lipinski definition) is 5. The molecule has 5 heteroatoms. The molecule has 2 heterocycles. The summed E-state index contributed by atoms with van der Waals surface area (Å²) in [5.41, 5.74) is 5.67. The molecule has 2 N–H and O–H groups in total. The highest BCUT2D eigenvalue weighted by molar-refractivity contribution is 4.90. The van der Waals surface area contributed by atoms with E-state index in [0.717, 1.165) is 63.6 Å². The van der Waals surface area contributed by atoms with Crippen LogP contribution in [-0.2, 0) is 17.6 Å². The van der Waals surface area contributed by atoms with E-state index in [4.69, 9.17) is 15.0 Å². The number of hydrogen-bond donors (Lipinski definition) is 1. The lowest BCUT2D eigenvalue weighted by molar-refractivity contribution is 0.185. The van der Waals surface area contributed by atoms with Crippen LogP contribution >= 0.6 is 0 Å². The molecule has 0 saturated carbocycles. The van der Waals surface area contributed by atoms with Crippen LogP contribution in [0.3, 0.4) is 0 Å². The summed E-state index contributed by atoms with van der Waals surface area (Å²) in [5, 5.41) is 4.08. The van der Waals surface area contributed by atoms with Gasteiger partial charge in [0.1, 0.15) is 0 Å². The van der Waals surface area contributed by atoms with E-state index in [1.165, 1.54) is 0 Å². The number of aromatic nitrogens is 2. The van der Waals surface area contributed by atoms with E-state index in [9.17, 15) is 0 Å². The largest absolute Gasteiger partial charge is 0.381 e. The molecular weight excluding hydrogens is 254 g/mol. The molecule has 2 rings (SSSR count). The van der Waals surface area contributed by atoms with Gasteiger partial charge in [-0.15, -0.1) is 0 Å². The minimum Gasteiger partial charge on any atom is -0.381 e. The number of ether oxygens (including phenoxy) is 1. The molecule has 0 radical (unpaired) electrons. The quantitative estimate of drug-likeness (QED) is 0.790. The van der Waals surface area contributed by atoms with Gasteiger partial charge in [-0.2, -0.15) is 4.98 Å². The van der Waals surface area contributed by atoms with Crippen LogP contribution in [0.4, 0.5) is 0 Å². The number of rotatable bonds is 8. The molecule has 1 aliphatic rings. The summed E-state index contributed by atoms with van der Waals surface area (Å²) in [6.45, 7) is 6.94. The van der Waals surface area contributed by atoms with Crippen molar-refractivity contribution in [2.24, 2.45) is 23.5 Å². The van der Waals surface area contributed by atoms with Crippen LogP contribution in [0.1, 0.15) is 44.8 Å². The monoisotopic (exact) mass is 281 g/mol. The smallest absolute Gasteiger partial charge is 0.226 e. The summed E-state index contributed by atoms with van der Waals surface area (Å²) in [5.74, 6) is 3.44. The lowest BCUT2D eigenvalue weighted by Gasteiger charge is -2.18. The van der Waals surface area contributed by atoms with Gasteiger partial charge >= 0.3 is 0 Å². The van der Waals surface area contributed by atoms with Gasteiger partial charge < -0.3 is 15.0 Å². The van der Waals surface area contributed by atoms with E-state index in [0.29, 0.717) is 17.8 Å². The van der Waals surface area contributed by atoms with Crippen molar-refractivity contribution in [2.75, 3.05) is 19.8 Å². The fourth-order valence-corrected chi connectivity index (χ4v) is 2.81. The van der Waals surface area contributed by atoms with Gasteiger partial charge in [0.2, 0.25) is 5.89 Å². The van der Waals surface area contributed by atoms with Gasteiger partial charge in [0.25, 0.3) is 0 Å². The second-order valence-corrected chi connectivity index (χ2v) is 6.16. The van der Waals surface area contributed by atoms with E-state index in [-0.39, 0.29) is 0 Å². The molecule has 1 aromatic rings. The Kier molecular flexibility index (Phi) is 5.98. The van der Waals surface area contributed by atoms with Crippen molar-refractivity contribution in [3.63, 3.8) is 0 Å². The third-order valence-electron chi connectivity index (χ3n) is 4.21. The maximum atomic E-state index is 5.67. The van der Waals surface area contributed by atoms with E-state index < -0.39 is 0 Å². The van der Waals surface area contributed by atoms with Gasteiger partial charge in [-0.1, -0.05) is 19.0 Å². The Morgan fingerprint density at radius 3 is 2.85 bits per heavy atom. The molecule has 0 aromatic carbocycles. The van der Waals surface area contributed by atoms with Crippen LogP contribution in [0.25, 0.3) is 0 Å². The van der Waals surface area contributed by atoms with E-state index in [2.05, 4.69) is 24.0 Å². The summed E-state index contributed by atoms with van der Waals surface area (Å²) in [6.07, 6.45) is 4.98. The Hall–Kier alpha value is -0.940. The van der Waals surface area contributed by atoms with Crippen molar-refractivity contribution in [2.45, 2.75) is 46.0 Å².